The van der Waals surface area contributed by atoms with E-state index in [1.54, 1.807) is 28.4 Å². The molecule has 0 spiro atoms. The molecular formula is C33H76O5. The molecule has 0 aliphatic heterocycles. The first-order valence-corrected chi connectivity index (χ1v) is 15.0. The summed E-state index contributed by atoms with van der Waals surface area (Å²) in [6, 6.07) is 0. The number of rotatable bonds is 14. The molecular weight excluding hydrogens is 476 g/mol. The van der Waals surface area contributed by atoms with Crippen LogP contribution in [0.3, 0.4) is 0 Å². The molecule has 0 amide bonds. The second kappa shape index (κ2) is 33.0. The van der Waals surface area contributed by atoms with Crippen LogP contribution < -0.4 is 0 Å². The maximum Gasteiger partial charge on any atom is 0.0625 e. The molecule has 2 unspecified atom stereocenters. The first kappa shape index (κ1) is 47.6. The number of hydrogen-bond donors (Lipinski definition) is 1. The molecule has 0 aliphatic carbocycles. The number of methoxy groups -OCH3 is 4. The predicted octanol–water partition coefficient (Wildman–Crippen LogP) is 9.15. The number of aliphatic hydroxyl groups is 1. The molecule has 1 N–H and O–H groups in total. The lowest BCUT2D eigenvalue weighted by atomic mass is 9.96. The summed E-state index contributed by atoms with van der Waals surface area (Å²) >= 11 is 0. The Morgan fingerprint density at radius 1 is 0.632 bits per heavy atom. The molecule has 0 saturated heterocycles. The van der Waals surface area contributed by atoms with Crippen molar-refractivity contribution >= 4 is 0 Å². The molecule has 0 aromatic rings. The molecule has 0 aromatic heterocycles. The molecule has 0 fully saturated rings. The average molecular weight is 553 g/mol. The fourth-order valence-corrected chi connectivity index (χ4v) is 2.89. The molecule has 0 heterocycles. The van der Waals surface area contributed by atoms with Crippen molar-refractivity contribution in [3.05, 3.63) is 0 Å². The second-order valence-electron chi connectivity index (χ2n) is 13.0. The lowest BCUT2D eigenvalue weighted by Crippen LogP contribution is -2.24. The summed E-state index contributed by atoms with van der Waals surface area (Å²) in [6.45, 7) is 32.5. The van der Waals surface area contributed by atoms with Gasteiger partial charge in [0.05, 0.1) is 11.7 Å². The van der Waals surface area contributed by atoms with Gasteiger partial charge in [-0.25, -0.2) is 0 Å². The van der Waals surface area contributed by atoms with Gasteiger partial charge >= 0.3 is 0 Å². The van der Waals surface area contributed by atoms with E-state index in [4.69, 9.17) is 24.1 Å². The van der Waals surface area contributed by atoms with Gasteiger partial charge in [0.2, 0.25) is 0 Å². The lowest BCUT2D eigenvalue weighted by Gasteiger charge is -2.24. The summed E-state index contributed by atoms with van der Waals surface area (Å²) in [5, 5.41) is 8.24. The Hall–Kier alpha value is -0.200. The average Bonchev–Trinajstić information content (AvgIpc) is 2.78. The van der Waals surface area contributed by atoms with Crippen molar-refractivity contribution in [3.63, 3.8) is 0 Å². The molecule has 2 atom stereocenters. The Labute approximate surface area is 242 Å². The van der Waals surface area contributed by atoms with Gasteiger partial charge < -0.3 is 24.1 Å². The third kappa shape index (κ3) is 56.1. The van der Waals surface area contributed by atoms with Crippen LogP contribution in [0, 0.1) is 35.5 Å². The quantitative estimate of drug-likeness (QED) is 0.233. The molecule has 0 aromatic carbocycles. The lowest BCUT2D eigenvalue weighted by molar-refractivity contribution is 0.00569. The number of hydrogen-bond acceptors (Lipinski definition) is 5. The van der Waals surface area contributed by atoms with E-state index >= 15 is 0 Å². The molecule has 238 valence electrons. The molecule has 5 nitrogen and oxygen atoms in total. The molecule has 0 rings (SSSR count). The van der Waals surface area contributed by atoms with Crippen LogP contribution in [0.2, 0.25) is 0 Å². The smallest absolute Gasteiger partial charge is 0.0625 e. The van der Waals surface area contributed by atoms with E-state index in [-0.39, 0.29) is 5.60 Å². The number of ether oxygens (including phenoxy) is 4. The van der Waals surface area contributed by atoms with E-state index in [9.17, 15) is 0 Å². The van der Waals surface area contributed by atoms with Crippen LogP contribution in [0.4, 0.5) is 0 Å². The van der Waals surface area contributed by atoms with Gasteiger partial charge in [0.15, 0.2) is 0 Å². The summed E-state index contributed by atoms with van der Waals surface area (Å²) in [7, 11) is 7.01. The van der Waals surface area contributed by atoms with E-state index in [0.717, 1.165) is 56.1 Å². The first-order chi connectivity index (χ1) is 17.4. The van der Waals surface area contributed by atoms with Crippen molar-refractivity contribution < 1.29 is 24.1 Å². The van der Waals surface area contributed by atoms with Crippen molar-refractivity contribution in [2.24, 2.45) is 35.5 Å². The highest BCUT2D eigenvalue weighted by atomic mass is 16.5. The molecule has 0 bridgehead atoms. The summed E-state index contributed by atoms with van der Waals surface area (Å²) in [5.74, 6) is 4.34. The largest absolute Gasteiger partial charge is 0.396 e. The van der Waals surface area contributed by atoms with E-state index < -0.39 is 0 Å². The van der Waals surface area contributed by atoms with Crippen LogP contribution in [0.25, 0.3) is 0 Å². The zero-order chi connectivity index (χ0) is 31.3. The van der Waals surface area contributed by atoms with Gasteiger partial charge in [0.25, 0.3) is 0 Å². The third-order valence-electron chi connectivity index (χ3n) is 5.83. The van der Waals surface area contributed by atoms with Gasteiger partial charge in [-0.05, 0) is 82.0 Å². The highest BCUT2D eigenvalue weighted by molar-refractivity contribution is 4.68. The van der Waals surface area contributed by atoms with E-state index in [1.807, 2.05) is 0 Å². The molecule has 38 heavy (non-hydrogen) atoms. The second-order valence-corrected chi connectivity index (χ2v) is 13.0. The summed E-state index contributed by atoms with van der Waals surface area (Å²) in [6.07, 6.45) is 4.83. The van der Waals surface area contributed by atoms with Crippen LogP contribution in [0.15, 0.2) is 0 Å². The zero-order valence-electron chi connectivity index (χ0n) is 29.6. The Kier molecular flexibility index (Phi) is 41.3. The minimum Gasteiger partial charge on any atom is -0.396 e. The molecule has 0 saturated carbocycles. The zero-order valence-corrected chi connectivity index (χ0v) is 29.6. The normalized spacial score (nSPS) is 12.6. The Morgan fingerprint density at radius 3 is 1.21 bits per heavy atom. The van der Waals surface area contributed by atoms with Crippen LogP contribution in [-0.4, -0.2) is 65.1 Å². The van der Waals surface area contributed by atoms with Crippen LogP contribution >= 0.6 is 0 Å². The fraction of sp³-hybridized carbons (Fsp3) is 1.00. The Balaban J connectivity index is -0.000000120. The van der Waals surface area contributed by atoms with Gasteiger partial charge in [0, 0.05) is 48.3 Å². The number of aliphatic hydroxyl groups excluding tert-OH is 1. The Bertz CT molecular complexity index is 406. The van der Waals surface area contributed by atoms with Crippen LogP contribution in [0.5, 0.6) is 0 Å². The standard InChI is InChI=1S/C8H18O.2C7H16O.C6H14O.C5H12O/c1-7(2)6-8(3,4)9-5;1-6(2)7(3)5-8-4;1-6(2)5-7(3)8-4;1-6(2)4-5-7-3;1-5(2)3-4-6/h7H,6H2,1-5H3;2*6-7H,5H2,1-4H3;6H,4-5H2,1-3H3;5-6H,3-4H2,1-2H3. The topological polar surface area (TPSA) is 57.2 Å². The highest BCUT2D eigenvalue weighted by Crippen LogP contribution is 2.18. The van der Waals surface area contributed by atoms with Gasteiger partial charge in [-0.1, -0.05) is 76.2 Å². The monoisotopic (exact) mass is 553 g/mol. The van der Waals surface area contributed by atoms with E-state index in [0.29, 0.717) is 24.5 Å². The first-order valence-electron chi connectivity index (χ1n) is 15.0. The SMILES string of the molecule is CC(C)CCO.COC(C)(C)CC(C)C.COC(C)CC(C)C.COCC(C)C(C)C.COCCC(C)C. The van der Waals surface area contributed by atoms with E-state index in [2.05, 4.69) is 96.9 Å². The van der Waals surface area contributed by atoms with E-state index in [1.165, 1.54) is 6.42 Å². The fourth-order valence-electron chi connectivity index (χ4n) is 2.89. The van der Waals surface area contributed by atoms with Crippen LogP contribution in [0.1, 0.15) is 123 Å². The highest BCUT2D eigenvalue weighted by Gasteiger charge is 2.17. The van der Waals surface area contributed by atoms with Gasteiger partial charge in [0.1, 0.15) is 0 Å². The maximum atomic E-state index is 8.24. The van der Waals surface area contributed by atoms with Crippen molar-refractivity contribution in [2.75, 3.05) is 48.3 Å². The Morgan fingerprint density at radius 2 is 1.11 bits per heavy atom. The van der Waals surface area contributed by atoms with Crippen LogP contribution in [-0.2, 0) is 18.9 Å². The summed E-state index contributed by atoms with van der Waals surface area (Å²) < 4.78 is 20.1. The van der Waals surface area contributed by atoms with Crippen molar-refractivity contribution in [1.29, 1.82) is 0 Å². The van der Waals surface area contributed by atoms with Crippen molar-refractivity contribution in [1.82, 2.24) is 0 Å². The van der Waals surface area contributed by atoms with Gasteiger partial charge in [-0.15, -0.1) is 0 Å². The minimum atomic E-state index is 0.0637. The van der Waals surface area contributed by atoms with Gasteiger partial charge in [-0.3, -0.25) is 0 Å². The summed E-state index contributed by atoms with van der Waals surface area (Å²) in [5.41, 5.74) is 0.0637. The molecule has 0 aliphatic rings. The van der Waals surface area contributed by atoms with Gasteiger partial charge in [-0.2, -0.15) is 0 Å². The molecule has 0 radical (unpaired) electrons. The maximum absolute atomic E-state index is 8.24. The summed E-state index contributed by atoms with van der Waals surface area (Å²) in [4.78, 5) is 0. The van der Waals surface area contributed by atoms with Crippen molar-refractivity contribution in [3.8, 4) is 0 Å². The van der Waals surface area contributed by atoms with Crippen molar-refractivity contribution in [2.45, 2.75) is 134 Å². The third-order valence-corrected chi connectivity index (χ3v) is 5.83. The molecule has 5 heteroatoms. The predicted molar refractivity (Wildman–Crippen MR) is 170 cm³/mol. The minimum absolute atomic E-state index is 0.0637.